The highest BCUT2D eigenvalue weighted by Gasteiger charge is 2.16. The molecule has 1 atom stereocenters. The Morgan fingerprint density at radius 1 is 1.07 bits per heavy atom. The van der Waals surface area contributed by atoms with Gasteiger partial charge in [0.2, 0.25) is 5.96 Å². The van der Waals surface area contributed by atoms with Crippen LogP contribution in [0.1, 0.15) is 65.7 Å². The molecule has 1 amide bonds. The van der Waals surface area contributed by atoms with Gasteiger partial charge in [-0.3, -0.25) is 10.1 Å². The summed E-state index contributed by atoms with van der Waals surface area (Å²) in [6.07, 6.45) is 7.10. The van der Waals surface area contributed by atoms with Crippen LogP contribution in [0.5, 0.6) is 0 Å². The van der Waals surface area contributed by atoms with E-state index in [0.717, 1.165) is 35.5 Å². The molecule has 9 heteroatoms. The quantitative estimate of drug-likeness (QED) is 0.0921. The molecule has 4 rings (SSSR count). The Balaban J connectivity index is 1.55. The lowest BCUT2D eigenvalue weighted by molar-refractivity contribution is 0.0976. The average molecular weight is 556 g/mol. The van der Waals surface area contributed by atoms with E-state index in [1.807, 2.05) is 36.4 Å². The second-order valence-corrected chi connectivity index (χ2v) is 10.1. The molecule has 0 radical (unpaired) electrons. The Kier molecular flexibility index (Phi) is 9.70. The molecule has 0 aliphatic heterocycles. The van der Waals surface area contributed by atoms with Gasteiger partial charge in [-0.2, -0.15) is 5.53 Å². The highest BCUT2D eigenvalue weighted by Crippen LogP contribution is 2.30. The zero-order valence-corrected chi connectivity index (χ0v) is 23.3. The maximum atomic E-state index is 12.4. The lowest BCUT2D eigenvalue weighted by Gasteiger charge is -2.30. The zero-order valence-electron chi connectivity index (χ0n) is 22.5. The van der Waals surface area contributed by atoms with E-state index < -0.39 is 5.91 Å². The highest BCUT2D eigenvalue weighted by molar-refractivity contribution is 6.30. The molecule has 0 fully saturated rings. The summed E-state index contributed by atoms with van der Waals surface area (Å²) in [4.78, 5) is 14.5. The number of benzene rings is 3. The van der Waals surface area contributed by atoms with Crippen molar-refractivity contribution in [1.29, 1.82) is 5.53 Å². The smallest absolute Gasteiger partial charge is 0.257 e. The van der Waals surface area contributed by atoms with E-state index in [-0.39, 0.29) is 12.0 Å². The van der Waals surface area contributed by atoms with Gasteiger partial charge >= 0.3 is 0 Å². The molecule has 5 N–H and O–H groups in total. The van der Waals surface area contributed by atoms with E-state index in [9.17, 15) is 4.79 Å². The van der Waals surface area contributed by atoms with Crippen LogP contribution in [0.2, 0.25) is 5.02 Å². The number of nitrogens with one attached hydrogen (secondary N) is 3. The zero-order chi connectivity index (χ0) is 28.5. The van der Waals surface area contributed by atoms with Crippen LogP contribution in [0.25, 0.3) is 5.57 Å². The fraction of sp³-hybridized carbons (Fsp3) is 0.226. The van der Waals surface area contributed by atoms with Crippen molar-refractivity contribution in [3.05, 3.63) is 119 Å². The molecule has 8 nitrogen and oxygen atoms in total. The molecular formula is C31H34ClN7O. The van der Waals surface area contributed by atoms with E-state index >= 15 is 0 Å². The number of nitrogens with two attached hydrogens (primary N) is 1. The van der Waals surface area contributed by atoms with Crippen LogP contribution in [-0.2, 0) is 6.54 Å². The Labute approximate surface area is 240 Å². The van der Waals surface area contributed by atoms with Crippen LogP contribution in [0.15, 0.2) is 102 Å². The summed E-state index contributed by atoms with van der Waals surface area (Å²) in [6, 6.07) is 23.6. The number of nitrogens with zero attached hydrogens (tertiary/aromatic N) is 3. The van der Waals surface area contributed by atoms with Gasteiger partial charge in [0.05, 0.1) is 5.82 Å². The average Bonchev–Trinajstić information content (AvgIpc) is 2.97. The van der Waals surface area contributed by atoms with Gasteiger partial charge in [-0.1, -0.05) is 65.8 Å². The van der Waals surface area contributed by atoms with Gasteiger partial charge in [0.15, 0.2) is 0 Å². The molecule has 0 heterocycles. The summed E-state index contributed by atoms with van der Waals surface area (Å²) in [5, 5.41) is 12.8. The van der Waals surface area contributed by atoms with Crippen molar-refractivity contribution in [2.45, 2.75) is 45.2 Å². The number of amides is 1. The lowest BCUT2D eigenvalue weighted by Crippen LogP contribution is -2.36. The first-order valence-electron chi connectivity index (χ1n) is 13.2. The number of guanidine groups is 1. The summed E-state index contributed by atoms with van der Waals surface area (Å²) >= 11 is 6.08. The summed E-state index contributed by atoms with van der Waals surface area (Å²) in [5.74, 6) is 0.0840. The minimum atomic E-state index is -0.427. The van der Waals surface area contributed by atoms with Gasteiger partial charge in [0, 0.05) is 28.9 Å². The number of halogens is 1. The number of rotatable bonds is 10. The second-order valence-electron chi connectivity index (χ2n) is 9.71. The van der Waals surface area contributed by atoms with Crippen LogP contribution in [0, 0.1) is 5.53 Å². The van der Waals surface area contributed by atoms with Gasteiger partial charge in [-0.15, -0.1) is 0 Å². The van der Waals surface area contributed by atoms with Crippen molar-refractivity contribution in [1.82, 2.24) is 10.6 Å². The van der Waals surface area contributed by atoms with Gasteiger partial charge in [-0.25, -0.2) is 0 Å². The third kappa shape index (κ3) is 7.57. The fourth-order valence-corrected chi connectivity index (χ4v) is 4.80. The van der Waals surface area contributed by atoms with E-state index in [1.54, 1.807) is 12.1 Å². The SMILES string of the molecule is C=C(NC(C)c1ccc(Cl)cc1)N(Cc1ccc(C(=O)NC(N)=NN=N)cc1)c1ccc(C2=CCCCC2)cc1. The van der Waals surface area contributed by atoms with Gasteiger partial charge < -0.3 is 16.0 Å². The molecule has 0 saturated carbocycles. The molecule has 1 aliphatic rings. The van der Waals surface area contributed by atoms with Crippen LogP contribution < -0.4 is 21.3 Å². The molecular weight excluding hydrogens is 522 g/mol. The van der Waals surface area contributed by atoms with Crippen molar-refractivity contribution in [2.24, 2.45) is 16.1 Å². The van der Waals surface area contributed by atoms with Crippen LogP contribution >= 0.6 is 11.6 Å². The molecule has 3 aromatic carbocycles. The third-order valence-electron chi connectivity index (χ3n) is 6.88. The van der Waals surface area contributed by atoms with Crippen molar-refractivity contribution < 1.29 is 4.79 Å². The van der Waals surface area contributed by atoms with Crippen LogP contribution in [0.3, 0.4) is 0 Å². The maximum absolute atomic E-state index is 12.4. The van der Waals surface area contributed by atoms with E-state index in [4.69, 9.17) is 22.9 Å². The molecule has 1 unspecified atom stereocenters. The second kappa shape index (κ2) is 13.6. The van der Waals surface area contributed by atoms with Crippen molar-refractivity contribution in [3.63, 3.8) is 0 Å². The Hall–Kier alpha value is -4.43. The first-order chi connectivity index (χ1) is 19.3. The van der Waals surface area contributed by atoms with E-state index in [1.165, 1.54) is 24.0 Å². The van der Waals surface area contributed by atoms with E-state index in [2.05, 4.69) is 69.7 Å². The predicted octanol–water partition coefficient (Wildman–Crippen LogP) is 7.12. The van der Waals surface area contributed by atoms with Crippen LogP contribution in [-0.4, -0.2) is 11.9 Å². The van der Waals surface area contributed by atoms with Gasteiger partial charge in [0.1, 0.15) is 0 Å². The van der Waals surface area contributed by atoms with Gasteiger partial charge in [0.25, 0.3) is 5.91 Å². The largest absolute Gasteiger partial charge is 0.368 e. The molecule has 40 heavy (non-hydrogen) atoms. The van der Waals surface area contributed by atoms with Crippen molar-refractivity contribution in [2.75, 3.05) is 4.90 Å². The Morgan fingerprint density at radius 2 is 1.77 bits per heavy atom. The number of hydrogen-bond acceptors (Lipinski definition) is 5. The lowest BCUT2D eigenvalue weighted by atomic mass is 9.93. The third-order valence-corrected chi connectivity index (χ3v) is 7.13. The number of allylic oxidation sites excluding steroid dienone is 2. The minimum absolute atomic E-state index is 0.00702. The molecule has 0 bridgehead atoms. The monoisotopic (exact) mass is 555 g/mol. The molecule has 206 valence electrons. The Bertz CT molecular complexity index is 1400. The topological polar surface area (TPSA) is 119 Å². The molecule has 3 aromatic rings. The normalized spacial score (nSPS) is 14.1. The van der Waals surface area contributed by atoms with Crippen molar-refractivity contribution in [3.8, 4) is 0 Å². The standard InChI is InChI=1S/C31H34ClN7O/c1-21(24-12-16-28(32)17-13-24)35-22(2)39(29-18-14-26(15-19-29)25-6-4-3-5-7-25)20-23-8-10-27(11-9-23)30(40)36-31(33)37-38-34/h6,8-19,21,35H,2-5,7,20H2,1H3,(H4,33,34,36,37,40). The fourth-order valence-electron chi connectivity index (χ4n) is 4.67. The van der Waals surface area contributed by atoms with Crippen molar-refractivity contribution >= 4 is 34.7 Å². The van der Waals surface area contributed by atoms with Gasteiger partial charge in [-0.05, 0) is 96.5 Å². The number of carbonyl (C=O) groups excluding carboxylic acids is 1. The predicted molar refractivity (Wildman–Crippen MR) is 162 cm³/mol. The molecule has 1 aliphatic carbocycles. The number of anilines is 1. The minimum Gasteiger partial charge on any atom is -0.368 e. The first kappa shape index (κ1) is 28.6. The highest BCUT2D eigenvalue weighted by atomic mass is 35.5. The summed E-state index contributed by atoms with van der Waals surface area (Å²) in [6.45, 7) is 7.00. The van der Waals surface area contributed by atoms with Crippen LogP contribution in [0.4, 0.5) is 5.69 Å². The molecule has 0 spiro atoms. The molecule has 0 saturated heterocycles. The summed E-state index contributed by atoms with van der Waals surface area (Å²) in [7, 11) is 0. The molecule has 0 aromatic heterocycles. The first-order valence-corrected chi connectivity index (χ1v) is 13.6. The maximum Gasteiger partial charge on any atom is 0.257 e. The Morgan fingerprint density at radius 3 is 2.40 bits per heavy atom. The number of hydrogen-bond donors (Lipinski definition) is 4. The van der Waals surface area contributed by atoms with E-state index in [0.29, 0.717) is 17.1 Å². The number of carbonyl (C=O) groups is 1. The summed E-state index contributed by atoms with van der Waals surface area (Å²) < 4.78 is 0. The summed E-state index contributed by atoms with van der Waals surface area (Å²) in [5.41, 5.74) is 18.4.